The molecule has 0 saturated carbocycles. The lowest BCUT2D eigenvalue weighted by atomic mass is 10.1. The second kappa shape index (κ2) is 7.61. The second-order valence-electron chi connectivity index (χ2n) is 5.39. The van der Waals surface area contributed by atoms with Gasteiger partial charge in [-0.25, -0.2) is 9.79 Å². The Morgan fingerprint density at radius 1 is 1.16 bits per heavy atom. The van der Waals surface area contributed by atoms with Gasteiger partial charge < -0.3 is 14.8 Å². The molecular formula is C19H18N2O4. The van der Waals surface area contributed by atoms with Crippen molar-refractivity contribution in [1.82, 2.24) is 0 Å². The minimum Gasteiger partial charge on any atom is -0.481 e. The summed E-state index contributed by atoms with van der Waals surface area (Å²) in [5, 5.41) is 2.84. The molecule has 6 nitrogen and oxygen atoms in total. The van der Waals surface area contributed by atoms with E-state index in [1.807, 2.05) is 36.4 Å². The molecule has 0 aliphatic carbocycles. The number of amides is 1. The van der Waals surface area contributed by atoms with Gasteiger partial charge in [0, 0.05) is 5.56 Å². The minimum absolute atomic E-state index is 0.120. The zero-order valence-corrected chi connectivity index (χ0v) is 13.8. The lowest BCUT2D eigenvalue weighted by molar-refractivity contribution is -0.145. The summed E-state index contributed by atoms with van der Waals surface area (Å²) in [6.07, 6.45) is 0.120. The maximum absolute atomic E-state index is 12.2. The summed E-state index contributed by atoms with van der Waals surface area (Å²) in [7, 11) is 0. The van der Waals surface area contributed by atoms with Crippen molar-refractivity contribution in [3.63, 3.8) is 0 Å². The highest BCUT2D eigenvalue weighted by atomic mass is 16.6. The molecule has 6 heteroatoms. The second-order valence-corrected chi connectivity index (χ2v) is 5.39. The van der Waals surface area contributed by atoms with Crippen molar-refractivity contribution >= 4 is 29.0 Å². The molecule has 25 heavy (non-hydrogen) atoms. The van der Waals surface area contributed by atoms with Crippen LogP contribution in [-0.4, -0.2) is 30.8 Å². The van der Waals surface area contributed by atoms with Crippen LogP contribution >= 0.6 is 0 Å². The standard InChI is InChI=1S/C19H18N2O4/c1-2-24-19(23)12-25-17-10-6-3-7-13(17)16-11-18(22)21-15-9-5-4-8-14(15)20-16/h3-10H,2,11-12H2,1H3,(H,21,22). The Bertz CT molecular complexity index is 830. The van der Waals surface area contributed by atoms with E-state index >= 15 is 0 Å². The summed E-state index contributed by atoms with van der Waals surface area (Å²) < 4.78 is 10.5. The Balaban J connectivity index is 1.92. The zero-order chi connectivity index (χ0) is 17.6. The molecular weight excluding hydrogens is 320 g/mol. The first-order valence-electron chi connectivity index (χ1n) is 8.01. The summed E-state index contributed by atoms with van der Waals surface area (Å²) in [6.45, 7) is 1.84. The lowest BCUT2D eigenvalue weighted by Crippen LogP contribution is -2.18. The number of hydrogen-bond donors (Lipinski definition) is 1. The van der Waals surface area contributed by atoms with Crippen molar-refractivity contribution in [2.45, 2.75) is 13.3 Å². The molecule has 0 aromatic heterocycles. The van der Waals surface area contributed by atoms with E-state index in [2.05, 4.69) is 10.3 Å². The molecule has 0 spiro atoms. The zero-order valence-electron chi connectivity index (χ0n) is 13.8. The number of rotatable bonds is 5. The number of fused-ring (bicyclic) bond motifs is 1. The van der Waals surface area contributed by atoms with Gasteiger partial charge in [-0.3, -0.25) is 4.79 Å². The molecule has 0 unspecified atom stereocenters. The number of ether oxygens (including phenoxy) is 2. The van der Waals surface area contributed by atoms with Crippen molar-refractivity contribution in [2.24, 2.45) is 4.99 Å². The van der Waals surface area contributed by atoms with E-state index in [4.69, 9.17) is 9.47 Å². The van der Waals surface area contributed by atoms with E-state index in [9.17, 15) is 9.59 Å². The summed E-state index contributed by atoms with van der Waals surface area (Å²) in [5.41, 5.74) is 2.62. The van der Waals surface area contributed by atoms with Gasteiger partial charge in [-0.1, -0.05) is 24.3 Å². The van der Waals surface area contributed by atoms with Crippen LogP contribution in [0.5, 0.6) is 5.75 Å². The van der Waals surface area contributed by atoms with Crippen LogP contribution in [0.2, 0.25) is 0 Å². The van der Waals surface area contributed by atoms with Gasteiger partial charge in [-0.05, 0) is 31.2 Å². The summed E-state index contributed by atoms with van der Waals surface area (Å²) in [5.74, 6) is -0.103. The van der Waals surface area contributed by atoms with Crippen LogP contribution in [0.1, 0.15) is 18.9 Å². The van der Waals surface area contributed by atoms with Crippen LogP contribution in [-0.2, 0) is 14.3 Å². The minimum atomic E-state index is -0.441. The van der Waals surface area contributed by atoms with E-state index in [0.717, 1.165) is 0 Å². The number of benzene rings is 2. The highest BCUT2D eigenvalue weighted by Gasteiger charge is 2.19. The van der Waals surface area contributed by atoms with Crippen LogP contribution in [0.15, 0.2) is 53.5 Å². The highest BCUT2D eigenvalue weighted by Crippen LogP contribution is 2.30. The smallest absolute Gasteiger partial charge is 0.344 e. The fourth-order valence-corrected chi connectivity index (χ4v) is 2.53. The van der Waals surface area contributed by atoms with Gasteiger partial charge in [-0.15, -0.1) is 0 Å². The van der Waals surface area contributed by atoms with Gasteiger partial charge in [0.2, 0.25) is 5.91 Å². The largest absolute Gasteiger partial charge is 0.481 e. The number of aliphatic imine (C=N–C) groups is 1. The number of nitrogens with one attached hydrogen (secondary N) is 1. The molecule has 3 rings (SSSR count). The van der Waals surface area contributed by atoms with Crippen molar-refractivity contribution in [1.29, 1.82) is 0 Å². The van der Waals surface area contributed by atoms with Crippen molar-refractivity contribution < 1.29 is 19.1 Å². The number of nitrogens with zero attached hydrogens (tertiary/aromatic N) is 1. The number of hydrogen-bond acceptors (Lipinski definition) is 5. The predicted octanol–water partition coefficient (Wildman–Crippen LogP) is 3.09. The maximum atomic E-state index is 12.2. The monoisotopic (exact) mass is 338 g/mol. The van der Waals surface area contributed by atoms with Crippen LogP contribution in [0.25, 0.3) is 0 Å². The summed E-state index contributed by atoms with van der Waals surface area (Å²) in [4.78, 5) is 28.3. The average molecular weight is 338 g/mol. The fourth-order valence-electron chi connectivity index (χ4n) is 2.53. The molecule has 2 aromatic carbocycles. The van der Waals surface area contributed by atoms with E-state index in [1.165, 1.54) is 0 Å². The quantitative estimate of drug-likeness (QED) is 0.850. The number of para-hydroxylation sites is 3. The molecule has 128 valence electrons. The first-order chi connectivity index (χ1) is 12.2. The molecule has 1 N–H and O–H groups in total. The van der Waals surface area contributed by atoms with Gasteiger partial charge in [0.1, 0.15) is 5.75 Å². The molecule has 0 radical (unpaired) electrons. The topological polar surface area (TPSA) is 77.0 Å². The van der Waals surface area contributed by atoms with Gasteiger partial charge in [-0.2, -0.15) is 0 Å². The first-order valence-corrected chi connectivity index (χ1v) is 8.01. The Labute approximate surface area is 145 Å². The van der Waals surface area contributed by atoms with Gasteiger partial charge in [0.05, 0.1) is 30.1 Å². The fraction of sp³-hybridized carbons (Fsp3) is 0.211. The Morgan fingerprint density at radius 3 is 2.76 bits per heavy atom. The third-order valence-electron chi connectivity index (χ3n) is 3.61. The Hall–Kier alpha value is -3.15. The molecule has 0 fully saturated rings. The number of anilines is 1. The van der Waals surface area contributed by atoms with Gasteiger partial charge in [0.25, 0.3) is 0 Å². The molecule has 1 aliphatic heterocycles. The van der Waals surface area contributed by atoms with Crippen molar-refractivity contribution in [2.75, 3.05) is 18.5 Å². The number of esters is 1. The molecule has 2 aromatic rings. The van der Waals surface area contributed by atoms with Crippen LogP contribution in [0.4, 0.5) is 11.4 Å². The first kappa shape index (κ1) is 16.7. The molecule has 1 heterocycles. The summed E-state index contributed by atoms with van der Waals surface area (Å²) >= 11 is 0. The SMILES string of the molecule is CCOC(=O)COc1ccccc1C1=Nc2ccccc2NC(=O)C1. The van der Waals surface area contributed by atoms with E-state index < -0.39 is 5.97 Å². The van der Waals surface area contributed by atoms with Gasteiger partial charge in [0.15, 0.2) is 6.61 Å². The Kier molecular flexibility index (Phi) is 5.09. The maximum Gasteiger partial charge on any atom is 0.344 e. The third kappa shape index (κ3) is 4.03. The third-order valence-corrected chi connectivity index (χ3v) is 3.61. The number of carbonyl (C=O) groups is 2. The molecule has 0 saturated heterocycles. The van der Waals surface area contributed by atoms with Crippen LogP contribution in [0, 0.1) is 0 Å². The molecule has 1 amide bonds. The molecule has 1 aliphatic rings. The van der Waals surface area contributed by atoms with E-state index in [1.54, 1.807) is 19.1 Å². The Morgan fingerprint density at radius 2 is 1.92 bits per heavy atom. The van der Waals surface area contributed by atoms with Crippen LogP contribution < -0.4 is 10.1 Å². The summed E-state index contributed by atoms with van der Waals surface area (Å²) in [6, 6.07) is 14.5. The van der Waals surface area contributed by atoms with Crippen molar-refractivity contribution in [3.8, 4) is 5.75 Å². The number of carbonyl (C=O) groups excluding carboxylic acids is 2. The highest BCUT2D eigenvalue weighted by molar-refractivity contribution is 6.17. The lowest BCUT2D eigenvalue weighted by Gasteiger charge is -2.12. The van der Waals surface area contributed by atoms with E-state index in [0.29, 0.717) is 35.0 Å². The molecule has 0 atom stereocenters. The van der Waals surface area contributed by atoms with E-state index in [-0.39, 0.29) is 18.9 Å². The molecule has 0 bridgehead atoms. The van der Waals surface area contributed by atoms with Gasteiger partial charge >= 0.3 is 5.97 Å². The van der Waals surface area contributed by atoms with Crippen LogP contribution in [0.3, 0.4) is 0 Å². The van der Waals surface area contributed by atoms with Crippen molar-refractivity contribution in [3.05, 3.63) is 54.1 Å². The predicted molar refractivity (Wildman–Crippen MR) is 94.5 cm³/mol. The normalized spacial score (nSPS) is 13.2. The average Bonchev–Trinajstić information content (AvgIpc) is 2.78.